The number of aromatic nitrogens is 2. The first-order valence-electron chi connectivity index (χ1n) is 8.11. The van der Waals surface area contributed by atoms with E-state index in [-0.39, 0.29) is 15.7 Å². The van der Waals surface area contributed by atoms with Gasteiger partial charge >= 0.3 is 0 Å². The summed E-state index contributed by atoms with van der Waals surface area (Å²) in [4.78, 5) is 8.70. The van der Waals surface area contributed by atoms with Gasteiger partial charge in [0.1, 0.15) is 5.82 Å². The lowest BCUT2D eigenvalue weighted by Crippen LogP contribution is -2.25. The van der Waals surface area contributed by atoms with Crippen LogP contribution in [0.5, 0.6) is 11.8 Å². The first-order valence-corrected chi connectivity index (χ1v) is 9.36. The Morgan fingerprint density at radius 2 is 1.81 bits per heavy atom. The Labute approximate surface area is 167 Å². The van der Waals surface area contributed by atoms with Gasteiger partial charge in [-0.05, 0) is 23.6 Å². The average molecular weight is 413 g/mol. The molecule has 9 heteroatoms. The second-order valence-electron chi connectivity index (χ2n) is 6.66. The maximum Gasteiger partial charge on any atom is 0.220 e. The molecule has 0 aliphatic rings. The van der Waals surface area contributed by atoms with Crippen molar-refractivity contribution < 1.29 is 13.9 Å². The van der Waals surface area contributed by atoms with Crippen LogP contribution in [0, 0.1) is 11.2 Å². The molecule has 0 radical (unpaired) electrons. The summed E-state index contributed by atoms with van der Waals surface area (Å²) in [5.41, 5.74) is 3.32. The lowest BCUT2D eigenvalue weighted by Gasteiger charge is -2.26. The van der Waals surface area contributed by atoms with E-state index in [2.05, 4.69) is 41.3 Å². The molecular formula is C18H22ClFN4O2S. The number of anilines is 1. The van der Waals surface area contributed by atoms with E-state index >= 15 is 0 Å². The number of ether oxygens (including phenoxy) is 2. The molecule has 146 valence electrons. The first-order chi connectivity index (χ1) is 12.7. The maximum atomic E-state index is 13.2. The van der Waals surface area contributed by atoms with Crippen LogP contribution in [0.2, 0.25) is 5.02 Å². The van der Waals surface area contributed by atoms with Crippen molar-refractivity contribution in [3.8, 4) is 11.8 Å². The van der Waals surface area contributed by atoms with Crippen LogP contribution < -0.4 is 14.9 Å². The Morgan fingerprint density at radius 3 is 2.33 bits per heavy atom. The monoisotopic (exact) mass is 412 g/mol. The Kier molecular flexibility index (Phi) is 7.26. The number of hydrogen-bond acceptors (Lipinski definition) is 7. The number of methoxy groups -OCH3 is 2. The number of thioether (sulfide) groups is 1. The zero-order chi connectivity index (χ0) is 20.0. The highest BCUT2D eigenvalue weighted by atomic mass is 35.5. The van der Waals surface area contributed by atoms with E-state index in [1.54, 1.807) is 18.3 Å². The SMILES string of the molecule is COc1cc(OC)nc(SC(/C=N/Nc2ccc(F)c(Cl)c2)C(C)(C)C)n1. The average Bonchev–Trinajstić information content (AvgIpc) is 2.62. The van der Waals surface area contributed by atoms with E-state index in [0.29, 0.717) is 22.6 Å². The van der Waals surface area contributed by atoms with Crippen LogP contribution >= 0.6 is 23.4 Å². The smallest absolute Gasteiger partial charge is 0.220 e. The normalized spacial score (nSPS) is 12.9. The van der Waals surface area contributed by atoms with Crippen LogP contribution in [0.1, 0.15) is 20.8 Å². The number of nitrogens with zero attached hydrogens (tertiary/aromatic N) is 3. The van der Waals surface area contributed by atoms with Gasteiger partial charge in [0, 0.05) is 6.21 Å². The molecular weight excluding hydrogens is 391 g/mol. The van der Waals surface area contributed by atoms with Gasteiger partial charge in [-0.3, -0.25) is 5.43 Å². The lowest BCUT2D eigenvalue weighted by atomic mass is 9.92. The standard InChI is InChI=1S/C18H22ClFN4O2S/c1-18(2,3)14(10-21-24-11-6-7-13(20)12(19)8-11)27-17-22-15(25-4)9-16(23-17)26-5/h6-10,14,24H,1-5H3/b21-10+. The van der Waals surface area contributed by atoms with E-state index in [4.69, 9.17) is 21.1 Å². The summed E-state index contributed by atoms with van der Waals surface area (Å²) in [6.45, 7) is 6.26. The van der Waals surface area contributed by atoms with E-state index in [1.165, 1.54) is 38.1 Å². The Hall–Kier alpha value is -2.06. The van der Waals surface area contributed by atoms with Crippen molar-refractivity contribution in [3.63, 3.8) is 0 Å². The number of nitrogens with one attached hydrogen (secondary N) is 1. The molecule has 0 aliphatic carbocycles. The van der Waals surface area contributed by atoms with Gasteiger partial charge in [-0.1, -0.05) is 44.1 Å². The molecule has 0 bridgehead atoms. The number of rotatable bonds is 7. The molecule has 2 aromatic rings. The van der Waals surface area contributed by atoms with Crippen LogP contribution in [0.4, 0.5) is 10.1 Å². The summed E-state index contributed by atoms with van der Waals surface area (Å²) in [5.74, 6) is 0.375. The Balaban J connectivity index is 2.17. The molecule has 0 fully saturated rings. The molecule has 2 rings (SSSR count). The summed E-state index contributed by atoms with van der Waals surface area (Å²) in [5, 5.41) is 4.76. The summed E-state index contributed by atoms with van der Waals surface area (Å²) in [6.07, 6.45) is 1.76. The number of benzene rings is 1. The third-order valence-corrected chi connectivity index (χ3v) is 5.25. The zero-order valence-corrected chi connectivity index (χ0v) is 17.4. The summed E-state index contributed by atoms with van der Waals surface area (Å²) in [6, 6.07) is 5.94. The molecule has 0 saturated carbocycles. The van der Waals surface area contributed by atoms with Crippen LogP contribution in [0.15, 0.2) is 34.5 Å². The minimum Gasteiger partial charge on any atom is -0.481 e. The van der Waals surface area contributed by atoms with Crippen LogP contribution in [-0.4, -0.2) is 35.7 Å². The van der Waals surface area contributed by atoms with Gasteiger partial charge in [0.05, 0.1) is 36.2 Å². The van der Waals surface area contributed by atoms with Gasteiger partial charge < -0.3 is 9.47 Å². The number of halogens is 2. The molecule has 0 spiro atoms. The van der Waals surface area contributed by atoms with Gasteiger partial charge in [0.25, 0.3) is 0 Å². The molecule has 1 unspecified atom stereocenters. The minimum absolute atomic E-state index is 0.0359. The van der Waals surface area contributed by atoms with Crippen LogP contribution in [0.25, 0.3) is 0 Å². The molecule has 27 heavy (non-hydrogen) atoms. The lowest BCUT2D eigenvalue weighted by molar-refractivity contribution is 0.364. The van der Waals surface area contributed by atoms with Crippen LogP contribution in [-0.2, 0) is 0 Å². The highest BCUT2D eigenvalue weighted by molar-refractivity contribution is 8.00. The van der Waals surface area contributed by atoms with Crippen molar-refractivity contribution in [1.29, 1.82) is 0 Å². The Bertz CT molecular complexity index is 792. The molecule has 1 aromatic carbocycles. The molecule has 1 aromatic heterocycles. The minimum atomic E-state index is -0.474. The number of hydrazone groups is 1. The highest BCUT2D eigenvalue weighted by Gasteiger charge is 2.26. The number of hydrogen-bond donors (Lipinski definition) is 1. The van der Waals surface area contributed by atoms with E-state index in [9.17, 15) is 4.39 Å². The first kappa shape index (κ1) is 21.2. The topological polar surface area (TPSA) is 68.6 Å². The summed E-state index contributed by atoms with van der Waals surface area (Å²) in [7, 11) is 3.08. The van der Waals surface area contributed by atoms with Gasteiger partial charge in [-0.25, -0.2) is 4.39 Å². The van der Waals surface area contributed by atoms with Crippen molar-refractivity contribution in [2.75, 3.05) is 19.6 Å². The van der Waals surface area contributed by atoms with Crippen molar-refractivity contribution in [1.82, 2.24) is 9.97 Å². The second kappa shape index (κ2) is 9.23. The molecule has 1 heterocycles. The van der Waals surface area contributed by atoms with Crippen molar-refractivity contribution in [3.05, 3.63) is 35.1 Å². The molecule has 0 saturated heterocycles. The third kappa shape index (κ3) is 6.25. The van der Waals surface area contributed by atoms with Crippen molar-refractivity contribution >= 4 is 35.3 Å². The summed E-state index contributed by atoms with van der Waals surface area (Å²) >= 11 is 7.22. The fourth-order valence-electron chi connectivity index (χ4n) is 1.94. The maximum absolute atomic E-state index is 13.2. The molecule has 0 amide bonds. The predicted octanol–water partition coefficient (Wildman–Crippen LogP) is 4.89. The quantitative estimate of drug-likeness (QED) is 0.302. The summed E-state index contributed by atoms with van der Waals surface area (Å²) < 4.78 is 23.6. The zero-order valence-electron chi connectivity index (χ0n) is 15.8. The largest absolute Gasteiger partial charge is 0.481 e. The van der Waals surface area contributed by atoms with Crippen LogP contribution in [0.3, 0.4) is 0 Å². The Morgan fingerprint density at radius 1 is 1.19 bits per heavy atom. The molecule has 0 aliphatic heterocycles. The fraction of sp³-hybridized carbons (Fsp3) is 0.389. The fourth-order valence-corrected chi connectivity index (χ4v) is 3.10. The molecule has 1 N–H and O–H groups in total. The van der Waals surface area contributed by atoms with Gasteiger partial charge in [-0.15, -0.1) is 0 Å². The third-order valence-electron chi connectivity index (χ3n) is 3.49. The van der Waals surface area contributed by atoms with Gasteiger partial charge in [0.15, 0.2) is 5.16 Å². The predicted molar refractivity (Wildman–Crippen MR) is 108 cm³/mol. The van der Waals surface area contributed by atoms with E-state index in [0.717, 1.165) is 0 Å². The second-order valence-corrected chi connectivity index (χ2v) is 8.17. The van der Waals surface area contributed by atoms with Crippen molar-refractivity contribution in [2.24, 2.45) is 10.5 Å². The van der Waals surface area contributed by atoms with E-state index in [1.807, 2.05) is 0 Å². The molecule has 1 atom stereocenters. The highest BCUT2D eigenvalue weighted by Crippen LogP contribution is 2.34. The van der Waals surface area contributed by atoms with Gasteiger partial charge in [-0.2, -0.15) is 15.1 Å². The molecule has 6 nitrogen and oxygen atoms in total. The van der Waals surface area contributed by atoms with Crippen molar-refractivity contribution in [2.45, 2.75) is 31.2 Å². The van der Waals surface area contributed by atoms with E-state index < -0.39 is 5.82 Å². The van der Waals surface area contributed by atoms with Gasteiger partial charge in [0.2, 0.25) is 11.8 Å².